The smallest absolute Gasteiger partial charge is 0.121 e. The standard InChI is InChI=1S/C11H14N2O/c1-7-5-9(10(13)3-4-12)6-8(2)11(7)14/h5-6,10,14H,3,13H2,1-2H3/t10-/m0/s1. The lowest BCUT2D eigenvalue weighted by atomic mass is 9.99. The van der Waals surface area contributed by atoms with Crippen LogP contribution in [0.4, 0.5) is 0 Å². The van der Waals surface area contributed by atoms with Gasteiger partial charge in [-0.05, 0) is 30.5 Å². The van der Waals surface area contributed by atoms with Crippen LogP contribution >= 0.6 is 0 Å². The summed E-state index contributed by atoms with van der Waals surface area (Å²) in [6, 6.07) is 5.41. The number of hydrogen-bond acceptors (Lipinski definition) is 3. The highest BCUT2D eigenvalue weighted by Gasteiger charge is 2.09. The summed E-state index contributed by atoms with van der Waals surface area (Å²) in [4.78, 5) is 0. The Bertz CT molecular complexity index is 356. The molecule has 1 atom stereocenters. The predicted molar refractivity (Wildman–Crippen MR) is 54.7 cm³/mol. The summed E-state index contributed by atoms with van der Waals surface area (Å²) in [5.41, 5.74) is 8.29. The van der Waals surface area contributed by atoms with Crippen LogP contribution in [0.5, 0.6) is 5.75 Å². The Labute approximate surface area is 83.8 Å². The van der Waals surface area contributed by atoms with Gasteiger partial charge in [0.1, 0.15) is 5.75 Å². The molecule has 3 nitrogen and oxygen atoms in total. The molecule has 0 bridgehead atoms. The lowest BCUT2D eigenvalue weighted by molar-refractivity contribution is 0.466. The van der Waals surface area contributed by atoms with Gasteiger partial charge in [0.25, 0.3) is 0 Å². The van der Waals surface area contributed by atoms with E-state index in [9.17, 15) is 5.11 Å². The van der Waals surface area contributed by atoms with Crippen molar-refractivity contribution >= 4 is 0 Å². The van der Waals surface area contributed by atoms with Crippen molar-refractivity contribution in [2.45, 2.75) is 26.3 Å². The molecule has 0 amide bonds. The maximum Gasteiger partial charge on any atom is 0.121 e. The molecule has 74 valence electrons. The number of nitrogens with two attached hydrogens (primary N) is 1. The van der Waals surface area contributed by atoms with Crippen LogP contribution in [-0.2, 0) is 0 Å². The molecule has 1 aromatic rings. The quantitative estimate of drug-likeness (QED) is 0.748. The normalized spacial score (nSPS) is 12.1. The van der Waals surface area contributed by atoms with E-state index in [1.807, 2.05) is 32.0 Å². The van der Waals surface area contributed by atoms with Crippen molar-refractivity contribution in [3.63, 3.8) is 0 Å². The number of nitriles is 1. The van der Waals surface area contributed by atoms with E-state index in [1.54, 1.807) is 0 Å². The van der Waals surface area contributed by atoms with Gasteiger partial charge in [-0.3, -0.25) is 0 Å². The molecule has 0 radical (unpaired) electrons. The molecule has 0 saturated carbocycles. The molecule has 0 saturated heterocycles. The van der Waals surface area contributed by atoms with Crippen molar-refractivity contribution in [1.29, 1.82) is 5.26 Å². The first-order valence-corrected chi connectivity index (χ1v) is 4.49. The predicted octanol–water partition coefficient (Wildman–Crippen LogP) is 1.92. The first kappa shape index (κ1) is 10.6. The molecule has 3 heteroatoms. The summed E-state index contributed by atoms with van der Waals surface area (Å²) in [5, 5.41) is 18.0. The minimum atomic E-state index is -0.266. The first-order chi connectivity index (χ1) is 6.56. The monoisotopic (exact) mass is 190 g/mol. The number of benzene rings is 1. The molecule has 0 aromatic heterocycles. The van der Waals surface area contributed by atoms with E-state index < -0.39 is 0 Å². The number of phenols is 1. The van der Waals surface area contributed by atoms with Gasteiger partial charge >= 0.3 is 0 Å². The Hall–Kier alpha value is -1.53. The van der Waals surface area contributed by atoms with Crippen LogP contribution in [0.2, 0.25) is 0 Å². The zero-order valence-electron chi connectivity index (χ0n) is 8.41. The van der Waals surface area contributed by atoms with Gasteiger partial charge in [-0.1, -0.05) is 12.1 Å². The highest BCUT2D eigenvalue weighted by Crippen LogP contribution is 2.26. The van der Waals surface area contributed by atoms with Crippen LogP contribution in [0.1, 0.15) is 29.2 Å². The lowest BCUT2D eigenvalue weighted by Gasteiger charge is -2.11. The summed E-state index contributed by atoms with van der Waals surface area (Å²) in [7, 11) is 0. The molecule has 1 rings (SSSR count). The molecule has 1 aromatic carbocycles. The van der Waals surface area contributed by atoms with Crippen molar-refractivity contribution in [3.8, 4) is 11.8 Å². The number of nitrogens with zero attached hydrogens (tertiary/aromatic N) is 1. The van der Waals surface area contributed by atoms with Gasteiger partial charge in [-0.2, -0.15) is 5.26 Å². The highest BCUT2D eigenvalue weighted by molar-refractivity contribution is 5.43. The maximum atomic E-state index is 9.54. The van der Waals surface area contributed by atoms with Crippen molar-refractivity contribution < 1.29 is 5.11 Å². The largest absolute Gasteiger partial charge is 0.507 e. The fourth-order valence-electron chi connectivity index (χ4n) is 1.42. The van der Waals surface area contributed by atoms with E-state index in [1.165, 1.54) is 0 Å². The van der Waals surface area contributed by atoms with Crippen LogP contribution in [0.15, 0.2) is 12.1 Å². The Morgan fingerprint density at radius 2 is 1.93 bits per heavy atom. The third-order valence-electron chi connectivity index (χ3n) is 2.25. The molecule has 0 aliphatic carbocycles. The van der Waals surface area contributed by atoms with E-state index in [4.69, 9.17) is 11.0 Å². The average molecular weight is 190 g/mol. The Morgan fingerprint density at radius 3 is 2.36 bits per heavy atom. The number of hydrogen-bond donors (Lipinski definition) is 2. The number of phenolic OH excluding ortho intramolecular Hbond substituents is 1. The molecule has 0 fully saturated rings. The lowest BCUT2D eigenvalue weighted by Crippen LogP contribution is -2.09. The van der Waals surface area contributed by atoms with E-state index in [0.29, 0.717) is 12.2 Å². The Morgan fingerprint density at radius 1 is 1.43 bits per heavy atom. The third-order valence-corrected chi connectivity index (χ3v) is 2.25. The van der Waals surface area contributed by atoms with Gasteiger partial charge in [-0.15, -0.1) is 0 Å². The van der Waals surface area contributed by atoms with Gasteiger partial charge < -0.3 is 10.8 Å². The van der Waals surface area contributed by atoms with Gasteiger partial charge in [0.2, 0.25) is 0 Å². The van der Waals surface area contributed by atoms with Crippen LogP contribution in [0, 0.1) is 25.2 Å². The molecule has 0 heterocycles. The maximum absolute atomic E-state index is 9.54. The summed E-state index contributed by atoms with van der Waals surface area (Å²) >= 11 is 0. The van der Waals surface area contributed by atoms with Crippen molar-refractivity contribution in [2.24, 2.45) is 5.73 Å². The second-order valence-electron chi connectivity index (χ2n) is 3.47. The van der Waals surface area contributed by atoms with Gasteiger partial charge in [-0.25, -0.2) is 0 Å². The van der Waals surface area contributed by atoms with Crippen molar-refractivity contribution in [2.75, 3.05) is 0 Å². The number of aromatic hydroxyl groups is 1. The van der Waals surface area contributed by atoms with Gasteiger partial charge in [0.15, 0.2) is 0 Å². The first-order valence-electron chi connectivity index (χ1n) is 4.49. The van der Waals surface area contributed by atoms with E-state index in [2.05, 4.69) is 0 Å². The molecule has 0 spiro atoms. The van der Waals surface area contributed by atoms with E-state index in [0.717, 1.165) is 16.7 Å². The zero-order chi connectivity index (χ0) is 10.7. The minimum absolute atomic E-state index is 0.266. The Balaban J connectivity index is 3.07. The molecular weight excluding hydrogens is 176 g/mol. The minimum Gasteiger partial charge on any atom is -0.507 e. The van der Waals surface area contributed by atoms with Gasteiger partial charge in [0, 0.05) is 6.04 Å². The molecular formula is C11H14N2O. The SMILES string of the molecule is Cc1cc([C@@H](N)CC#N)cc(C)c1O. The summed E-state index contributed by atoms with van der Waals surface area (Å²) in [5.74, 6) is 0.304. The summed E-state index contributed by atoms with van der Waals surface area (Å²) in [6.45, 7) is 3.65. The molecule has 0 aliphatic heterocycles. The van der Waals surface area contributed by atoms with Crippen LogP contribution in [0.25, 0.3) is 0 Å². The van der Waals surface area contributed by atoms with Gasteiger partial charge in [0.05, 0.1) is 12.5 Å². The zero-order valence-corrected chi connectivity index (χ0v) is 8.41. The summed E-state index contributed by atoms with van der Waals surface area (Å²) in [6.07, 6.45) is 0.295. The molecule has 0 aliphatic rings. The second kappa shape index (κ2) is 4.12. The topological polar surface area (TPSA) is 70.0 Å². The van der Waals surface area contributed by atoms with E-state index in [-0.39, 0.29) is 6.04 Å². The summed E-state index contributed by atoms with van der Waals surface area (Å²) < 4.78 is 0. The Kier molecular flexibility index (Phi) is 3.10. The van der Waals surface area contributed by atoms with Crippen LogP contribution in [0.3, 0.4) is 0 Å². The second-order valence-corrected chi connectivity index (χ2v) is 3.47. The fraction of sp³-hybridized carbons (Fsp3) is 0.364. The number of aryl methyl sites for hydroxylation is 2. The third kappa shape index (κ3) is 2.04. The molecule has 14 heavy (non-hydrogen) atoms. The van der Waals surface area contributed by atoms with Crippen LogP contribution < -0.4 is 5.73 Å². The van der Waals surface area contributed by atoms with Crippen LogP contribution in [-0.4, -0.2) is 5.11 Å². The van der Waals surface area contributed by atoms with E-state index >= 15 is 0 Å². The van der Waals surface area contributed by atoms with Crippen molar-refractivity contribution in [3.05, 3.63) is 28.8 Å². The molecule has 0 unspecified atom stereocenters. The highest BCUT2D eigenvalue weighted by atomic mass is 16.3. The molecule has 3 N–H and O–H groups in total. The number of rotatable bonds is 2. The van der Waals surface area contributed by atoms with Crippen molar-refractivity contribution in [1.82, 2.24) is 0 Å². The average Bonchev–Trinajstić information content (AvgIpc) is 2.13. The fourth-order valence-corrected chi connectivity index (χ4v) is 1.42.